The molecule has 0 aromatic carbocycles. The van der Waals surface area contributed by atoms with Crippen molar-refractivity contribution in [2.75, 3.05) is 0 Å². The Morgan fingerprint density at radius 3 is 2.29 bits per heavy atom. The van der Waals surface area contributed by atoms with Crippen molar-refractivity contribution in [3.63, 3.8) is 0 Å². The number of pyridine rings is 2. The quantitative estimate of drug-likeness (QED) is 0.694. The van der Waals surface area contributed by atoms with E-state index in [1.807, 2.05) is 12.1 Å². The van der Waals surface area contributed by atoms with E-state index in [0.717, 1.165) is 11.3 Å². The lowest BCUT2D eigenvalue weighted by Gasteiger charge is -1.99. The second-order valence-corrected chi connectivity index (χ2v) is 3.55. The fourth-order valence-corrected chi connectivity index (χ4v) is 1.30. The molecule has 14 heavy (non-hydrogen) atoms. The van der Waals surface area contributed by atoms with E-state index in [2.05, 4.69) is 9.97 Å². The summed E-state index contributed by atoms with van der Waals surface area (Å²) in [5.41, 5.74) is 1.75. The van der Waals surface area contributed by atoms with E-state index in [4.69, 9.17) is 23.2 Å². The lowest BCUT2D eigenvalue weighted by Crippen LogP contribution is -1.83. The Kier molecular flexibility index (Phi) is 2.66. The summed E-state index contributed by atoms with van der Waals surface area (Å²) in [6.07, 6.45) is 3.28. The molecule has 70 valence electrons. The van der Waals surface area contributed by atoms with E-state index in [9.17, 15) is 0 Å². The van der Waals surface area contributed by atoms with Gasteiger partial charge in [0.2, 0.25) is 0 Å². The van der Waals surface area contributed by atoms with E-state index in [1.54, 1.807) is 24.5 Å². The number of aromatic nitrogens is 2. The molecule has 0 unspecified atom stereocenters. The summed E-state index contributed by atoms with van der Waals surface area (Å²) < 4.78 is 0. The predicted molar refractivity (Wildman–Crippen MR) is 57.5 cm³/mol. The summed E-state index contributed by atoms with van der Waals surface area (Å²) >= 11 is 11.4. The molecule has 2 aromatic rings. The van der Waals surface area contributed by atoms with E-state index in [0.29, 0.717) is 10.2 Å². The third-order valence-corrected chi connectivity index (χ3v) is 2.20. The number of hydrogen-bond acceptors (Lipinski definition) is 2. The van der Waals surface area contributed by atoms with Crippen molar-refractivity contribution in [1.82, 2.24) is 9.97 Å². The fourth-order valence-electron chi connectivity index (χ4n) is 1.07. The lowest BCUT2D eigenvalue weighted by atomic mass is 10.2. The van der Waals surface area contributed by atoms with Crippen LogP contribution >= 0.6 is 23.2 Å². The number of halogens is 2. The third-order valence-electron chi connectivity index (χ3n) is 1.75. The Balaban J connectivity index is 2.40. The van der Waals surface area contributed by atoms with Gasteiger partial charge in [0.05, 0.1) is 10.7 Å². The van der Waals surface area contributed by atoms with Crippen LogP contribution in [-0.2, 0) is 0 Å². The molecule has 0 spiro atoms. The van der Waals surface area contributed by atoms with Gasteiger partial charge in [-0.15, -0.1) is 0 Å². The molecule has 2 rings (SSSR count). The second kappa shape index (κ2) is 3.95. The van der Waals surface area contributed by atoms with Crippen molar-refractivity contribution in [2.24, 2.45) is 0 Å². The molecule has 0 saturated heterocycles. The van der Waals surface area contributed by atoms with Gasteiger partial charge in [-0.2, -0.15) is 0 Å². The Morgan fingerprint density at radius 1 is 0.857 bits per heavy atom. The first-order valence-corrected chi connectivity index (χ1v) is 4.75. The summed E-state index contributed by atoms with van der Waals surface area (Å²) in [5.74, 6) is 0. The van der Waals surface area contributed by atoms with Crippen LogP contribution in [0.4, 0.5) is 0 Å². The van der Waals surface area contributed by atoms with E-state index in [-0.39, 0.29) is 0 Å². The first-order valence-electron chi connectivity index (χ1n) is 3.99. The highest BCUT2D eigenvalue weighted by Crippen LogP contribution is 2.18. The maximum Gasteiger partial charge on any atom is 0.129 e. The van der Waals surface area contributed by atoms with Crippen LogP contribution in [0.25, 0.3) is 11.3 Å². The summed E-state index contributed by atoms with van der Waals surface area (Å²) in [6.45, 7) is 0. The third kappa shape index (κ3) is 2.03. The van der Waals surface area contributed by atoms with Crippen LogP contribution in [0.5, 0.6) is 0 Å². The van der Waals surface area contributed by atoms with Gasteiger partial charge in [0.25, 0.3) is 0 Å². The van der Waals surface area contributed by atoms with Gasteiger partial charge in [-0.05, 0) is 24.3 Å². The van der Waals surface area contributed by atoms with Crippen molar-refractivity contribution in [3.8, 4) is 11.3 Å². The predicted octanol–water partition coefficient (Wildman–Crippen LogP) is 3.45. The van der Waals surface area contributed by atoms with Crippen LogP contribution in [0.1, 0.15) is 0 Å². The van der Waals surface area contributed by atoms with Crippen LogP contribution in [0, 0.1) is 0 Å². The Bertz CT molecular complexity index is 379. The number of rotatable bonds is 1. The zero-order valence-corrected chi connectivity index (χ0v) is 8.63. The molecule has 0 amide bonds. The smallest absolute Gasteiger partial charge is 0.129 e. The molecule has 0 radical (unpaired) electrons. The summed E-state index contributed by atoms with van der Waals surface area (Å²) in [7, 11) is 0. The zero-order chi connectivity index (χ0) is 9.97. The van der Waals surface area contributed by atoms with E-state index in [1.165, 1.54) is 0 Å². The zero-order valence-electron chi connectivity index (χ0n) is 7.11. The molecule has 0 bridgehead atoms. The van der Waals surface area contributed by atoms with Crippen molar-refractivity contribution < 1.29 is 0 Å². The molecule has 2 heterocycles. The van der Waals surface area contributed by atoms with Crippen molar-refractivity contribution in [2.45, 2.75) is 0 Å². The molecule has 0 aliphatic heterocycles. The fraction of sp³-hybridized carbons (Fsp3) is 0. The highest BCUT2D eigenvalue weighted by atomic mass is 35.5. The minimum absolute atomic E-state index is 0.475. The first kappa shape index (κ1) is 9.44. The van der Waals surface area contributed by atoms with Gasteiger partial charge in [-0.3, -0.25) is 4.98 Å². The van der Waals surface area contributed by atoms with E-state index < -0.39 is 0 Å². The van der Waals surface area contributed by atoms with Crippen LogP contribution in [0.2, 0.25) is 10.2 Å². The molecular formula is C10H6Cl2N2. The number of hydrogen-bond donors (Lipinski definition) is 0. The molecule has 0 aliphatic carbocycles. The minimum Gasteiger partial charge on any atom is -0.255 e. The molecule has 2 aromatic heterocycles. The van der Waals surface area contributed by atoms with Gasteiger partial charge in [0, 0.05) is 18.0 Å². The topological polar surface area (TPSA) is 25.8 Å². The Hall–Kier alpha value is -1.12. The average molecular weight is 225 g/mol. The van der Waals surface area contributed by atoms with Crippen LogP contribution in [0.15, 0.2) is 36.7 Å². The van der Waals surface area contributed by atoms with Gasteiger partial charge >= 0.3 is 0 Å². The molecule has 4 heteroatoms. The van der Waals surface area contributed by atoms with Crippen LogP contribution in [-0.4, -0.2) is 9.97 Å². The average Bonchev–Trinajstić information content (AvgIpc) is 2.21. The molecule has 2 nitrogen and oxygen atoms in total. The van der Waals surface area contributed by atoms with E-state index >= 15 is 0 Å². The Morgan fingerprint density at radius 2 is 1.71 bits per heavy atom. The SMILES string of the molecule is Clc1ccc(-c2ccc(Cl)nc2)nc1. The molecule has 0 saturated carbocycles. The summed E-state index contributed by atoms with van der Waals surface area (Å²) in [4.78, 5) is 8.13. The van der Waals surface area contributed by atoms with Gasteiger partial charge < -0.3 is 0 Å². The van der Waals surface area contributed by atoms with Crippen molar-refractivity contribution >= 4 is 23.2 Å². The van der Waals surface area contributed by atoms with Crippen LogP contribution in [0.3, 0.4) is 0 Å². The van der Waals surface area contributed by atoms with Crippen LogP contribution < -0.4 is 0 Å². The lowest BCUT2D eigenvalue weighted by molar-refractivity contribution is 1.28. The van der Waals surface area contributed by atoms with Crippen molar-refractivity contribution in [3.05, 3.63) is 46.8 Å². The van der Waals surface area contributed by atoms with Gasteiger partial charge in [0.1, 0.15) is 5.15 Å². The highest BCUT2D eigenvalue weighted by molar-refractivity contribution is 6.30. The maximum absolute atomic E-state index is 5.73. The molecule has 0 fully saturated rings. The maximum atomic E-state index is 5.73. The first-order chi connectivity index (χ1) is 6.75. The monoisotopic (exact) mass is 224 g/mol. The van der Waals surface area contributed by atoms with Crippen molar-refractivity contribution in [1.29, 1.82) is 0 Å². The molecule has 0 aliphatic rings. The summed E-state index contributed by atoms with van der Waals surface area (Å²) in [5, 5.41) is 1.10. The summed E-state index contributed by atoms with van der Waals surface area (Å²) in [6, 6.07) is 7.23. The number of nitrogens with zero attached hydrogens (tertiary/aromatic N) is 2. The largest absolute Gasteiger partial charge is 0.255 e. The second-order valence-electron chi connectivity index (χ2n) is 2.73. The van der Waals surface area contributed by atoms with Gasteiger partial charge in [-0.25, -0.2) is 4.98 Å². The molecule has 0 N–H and O–H groups in total. The van der Waals surface area contributed by atoms with Gasteiger partial charge in [0.15, 0.2) is 0 Å². The standard InChI is InChI=1S/C10H6Cl2N2/c11-8-2-3-9(13-6-8)7-1-4-10(12)14-5-7/h1-6H. The highest BCUT2D eigenvalue weighted by Gasteiger charge is 1.99. The van der Waals surface area contributed by atoms with Gasteiger partial charge in [-0.1, -0.05) is 23.2 Å². The Labute approximate surface area is 91.5 Å². The minimum atomic E-state index is 0.475. The molecular weight excluding hydrogens is 219 g/mol. The normalized spacial score (nSPS) is 10.1. The molecule has 0 atom stereocenters.